The topological polar surface area (TPSA) is 67.1 Å². The van der Waals surface area contributed by atoms with Gasteiger partial charge in [0.2, 0.25) is 0 Å². The fourth-order valence-electron chi connectivity index (χ4n) is 4.58. The lowest BCUT2D eigenvalue weighted by atomic mass is 10.0. The summed E-state index contributed by atoms with van der Waals surface area (Å²) in [5, 5.41) is 6.92. The van der Waals surface area contributed by atoms with Crippen LogP contribution < -0.4 is 0 Å². The molecule has 2 atom stereocenters. The second kappa shape index (κ2) is 9.88. The van der Waals surface area contributed by atoms with E-state index >= 15 is 0 Å². The van der Waals surface area contributed by atoms with Crippen LogP contribution in [0.25, 0.3) is 0 Å². The summed E-state index contributed by atoms with van der Waals surface area (Å²) in [7, 11) is 1.97. The number of amides is 1. The number of carbonyl (C=O) groups excluding carboxylic acids is 2. The van der Waals surface area contributed by atoms with Crippen LogP contribution in [0.2, 0.25) is 5.02 Å². The zero-order valence-electron chi connectivity index (χ0n) is 18.5. The molecule has 7 nitrogen and oxygen atoms in total. The Morgan fingerprint density at radius 3 is 2.72 bits per heavy atom. The number of benzene rings is 1. The van der Waals surface area contributed by atoms with Crippen LogP contribution in [0.15, 0.2) is 47.7 Å². The van der Waals surface area contributed by atoms with Crippen molar-refractivity contribution in [3.05, 3.63) is 58.9 Å². The van der Waals surface area contributed by atoms with Crippen molar-refractivity contribution in [2.45, 2.75) is 44.7 Å². The number of hydrazone groups is 1. The van der Waals surface area contributed by atoms with Gasteiger partial charge in [-0.25, -0.2) is 5.01 Å². The molecule has 0 unspecified atom stereocenters. The number of halogens is 1. The quantitative estimate of drug-likeness (QED) is 0.620. The largest absolute Gasteiger partial charge is 0.465 e. The molecule has 1 saturated heterocycles. The van der Waals surface area contributed by atoms with Gasteiger partial charge in [0.25, 0.3) is 5.91 Å². The monoisotopic (exact) mass is 456 g/mol. The van der Waals surface area contributed by atoms with Crippen LogP contribution in [0.5, 0.6) is 0 Å². The van der Waals surface area contributed by atoms with Gasteiger partial charge in [-0.2, -0.15) is 5.10 Å². The van der Waals surface area contributed by atoms with E-state index < -0.39 is 0 Å². The Labute approximate surface area is 193 Å². The average molecular weight is 457 g/mol. The summed E-state index contributed by atoms with van der Waals surface area (Å²) in [6, 6.07) is 10.9. The second-order valence-electron chi connectivity index (χ2n) is 8.26. The molecule has 4 rings (SSSR count). The van der Waals surface area contributed by atoms with Crippen molar-refractivity contribution in [3.8, 4) is 0 Å². The highest BCUT2D eigenvalue weighted by Crippen LogP contribution is 2.34. The number of rotatable bonds is 6. The van der Waals surface area contributed by atoms with Gasteiger partial charge in [0.15, 0.2) is 0 Å². The van der Waals surface area contributed by atoms with Crippen molar-refractivity contribution in [3.63, 3.8) is 0 Å². The van der Waals surface area contributed by atoms with Crippen molar-refractivity contribution in [1.82, 2.24) is 14.5 Å². The Kier molecular flexibility index (Phi) is 6.96. The second-order valence-corrected chi connectivity index (χ2v) is 8.67. The van der Waals surface area contributed by atoms with Crippen LogP contribution >= 0.6 is 11.6 Å². The summed E-state index contributed by atoms with van der Waals surface area (Å²) >= 11 is 6.43. The molecule has 2 aliphatic heterocycles. The molecule has 8 heteroatoms. The first-order chi connectivity index (χ1) is 15.5. The summed E-state index contributed by atoms with van der Waals surface area (Å²) in [5.41, 5.74) is 2.63. The molecule has 2 aromatic rings. The number of aromatic nitrogens is 1. The number of carbonyl (C=O) groups is 2. The first-order valence-corrected chi connectivity index (χ1v) is 11.5. The third-order valence-corrected chi connectivity index (χ3v) is 6.52. The van der Waals surface area contributed by atoms with Gasteiger partial charge in [0.05, 0.1) is 18.9 Å². The van der Waals surface area contributed by atoms with Gasteiger partial charge >= 0.3 is 5.97 Å². The SMILES string of the molecule is CCOC(=O)[C@@H]1CCCCN1CC(=O)N1N=C(c2ccccc2Cl)C[C@@H]1c1cccn1C. The molecule has 1 aromatic carbocycles. The normalized spacial score (nSPS) is 21.5. The first-order valence-electron chi connectivity index (χ1n) is 11.2. The highest BCUT2D eigenvalue weighted by Gasteiger charge is 2.38. The van der Waals surface area contributed by atoms with Gasteiger partial charge in [-0.1, -0.05) is 36.2 Å². The molecular weight excluding hydrogens is 428 g/mol. The Balaban J connectivity index is 1.60. The van der Waals surface area contributed by atoms with Crippen molar-refractivity contribution < 1.29 is 14.3 Å². The summed E-state index contributed by atoms with van der Waals surface area (Å²) in [5.74, 6) is -0.380. The van der Waals surface area contributed by atoms with Crippen LogP contribution in [0, 0.1) is 0 Å². The zero-order valence-corrected chi connectivity index (χ0v) is 19.3. The van der Waals surface area contributed by atoms with Gasteiger partial charge in [-0.3, -0.25) is 14.5 Å². The number of hydrogen-bond acceptors (Lipinski definition) is 5. The van der Waals surface area contributed by atoms with Crippen LogP contribution in [-0.4, -0.2) is 57.8 Å². The lowest BCUT2D eigenvalue weighted by Gasteiger charge is -2.34. The van der Waals surface area contributed by atoms with Gasteiger partial charge in [0.1, 0.15) is 12.1 Å². The van der Waals surface area contributed by atoms with Crippen molar-refractivity contribution >= 4 is 29.2 Å². The molecule has 0 bridgehead atoms. The summed E-state index contributed by atoms with van der Waals surface area (Å²) in [6.07, 6.45) is 5.17. The number of aryl methyl sites for hydroxylation is 1. The van der Waals surface area contributed by atoms with E-state index in [0.29, 0.717) is 31.0 Å². The summed E-state index contributed by atoms with van der Waals surface area (Å²) in [4.78, 5) is 27.9. The minimum absolute atomic E-state index is 0.129. The molecule has 0 saturated carbocycles. The van der Waals surface area contributed by atoms with Crippen LogP contribution in [0.1, 0.15) is 49.9 Å². The minimum Gasteiger partial charge on any atom is -0.465 e. The lowest BCUT2D eigenvalue weighted by Crippen LogP contribution is -2.49. The van der Waals surface area contributed by atoms with Crippen LogP contribution in [0.3, 0.4) is 0 Å². The van der Waals surface area contributed by atoms with Crippen molar-refractivity contribution in [2.75, 3.05) is 19.7 Å². The Morgan fingerprint density at radius 1 is 1.19 bits per heavy atom. The third kappa shape index (κ3) is 4.59. The molecule has 32 heavy (non-hydrogen) atoms. The molecule has 0 radical (unpaired) electrons. The number of ether oxygens (including phenoxy) is 1. The number of hydrogen-bond donors (Lipinski definition) is 0. The van der Waals surface area contributed by atoms with E-state index in [1.54, 1.807) is 11.9 Å². The van der Waals surface area contributed by atoms with Crippen LogP contribution in [0.4, 0.5) is 0 Å². The summed E-state index contributed by atoms with van der Waals surface area (Å²) < 4.78 is 7.26. The number of likely N-dealkylation sites (tertiary alicyclic amines) is 1. The lowest BCUT2D eigenvalue weighted by molar-refractivity contribution is -0.152. The predicted molar refractivity (Wildman–Crippen MR) is 123 cm³/mol. The maximum atomic E-state index is 13.5. The number of nitrogens with zero attached hydrogens (tertiary/aromatic N) is 4. The van der Waals surface area contributed by atoms with E-state index in [1.165, 1.54) is 0 Å². The van der Waals surface area contributed by atoms with Gasteiger partial charge in [-0.15, -0.1) is 0 Å². The molecule has 1 aromatic heterocycles. The highest BCUT2D eigenvalue weighted by molar-refractivity contribution is 6.34. The smallest absolute Gasteiger partial charge is 0.323 e. The van der Waals surface area contributed by atoms with Crippen molar-refractivity contribution in [1.29, 1.82) is 0 Å². The molecule has 0 aliphatic carbocycles. The van der Waals surface area contributed by atoms with E-state index in [9.17, 15) is 9.59 Å². The maximum Gasteiger partial charge on any atom is 0.323 e. The Hall–Kier alpha value is -2.64. The number of esters is 1. The van der Waals surface area contributed by atoms with E-state index in [0.717, 1.165) is 29.8 Å². The molecule has 1 amide bonds. The van der Waals surface area contributed by atoms with E-state index in [-0.39, 0.29) is 30.5 Å². The zero-order chi connectivity index (χ0) is 22.7. The van der Waals surface area contributed by atoms with Crippen molar-refractivity contribution in [2.24, 2.45) is 12.1 Å². The average Bonchev–Trinajstić information content (AvgIpc) is 3.40. The highest BCUT2D eigenvalue weighted by atomic mass is 35.5. The molecule has 0 spiro atoms. The van der Waals surface area contributed by atoms with Gasteiger partial charge < -0.3 is 9.30 Å². The molecule has 2 aliphatic rings. The van der Waals surface area contributed by atoms with E-state index in [2.05, 4.69) is 0 Å². The molecular formula is C24H29ClN4O3. The molecule has 0 N–H and O–H groups in total. The minimum atomic E-state index is -0.379. The standard InChI is InChI=1S/C24H29ClN4O3/c1-3-32-24(31)21-11-6-7-14-28(21)16-23(30)29-22(20-12-8-13-27(20)2)15-19(26-29)17-9-4-5-10-18(17)25/h4-5,8-10,12-13,21-22H,3,6-7,11,14-16H2,1-2H3/t21-,22+/m0/s1. The Bertz CT molecular complexity index is 1020. The van der Waals surface area contributed by atoms with E-state index in [4.69, 9.17) is 21.4 Å². The number of piperidine rings is 1. The third-order valence-electron chi connectivity index (χ3n) is 6.19. The predicted octanol–water partition coefficient (Wildman–Crippen LogP) is 3.77. The van der Waals surface area contributed by atoms with Gasteiger partial charge in [0, 0.05) is 35.9 Å². The first kappa shape index (κ1) is 22.6. The molecule has 1 fully saturated rings. The van der Waals surface area contributed by atoms with Crippen LogP contribution in [-0.2, 0) is 21.4 Å². The summed E-state index contributed by atoms with van der Waals surface area (Å²) in [6.45, 7) is 2.96. The molecule has 3 heterocycles. The van der Waals surface area contributed by atoms with Gasteiger partial charge in [-0.05, 0) is 44.5 Å². The fraction of sp³-hybridized carbons (Fsp3) is 0.458. The van der Waals surface area contributed by atoms with E-state index in [1.807, 2.05) is 59.1 Å². The maximum absolute atomic E-state index is 13.5. The molecule has 170 valence electrons. The fourth-order valence-corrected chi connectivity index (χ4v) is 4.83. The Morgan fingerprint density at radius 2 is 2.00 bits per heavy atom.